The quantitative estimate of drug-likeness (QED) is 0.545. The average Bonchev–Trinajstić information content (AvgIpc) is 2.84. The summed E-state index contributed by atoms with van der Waals surface area (Å²) in [5.74, 6) is 0.535. The Labute approximate surface area is 114 Å². The van der Waals surface area contributed by atoms with Gasteiger partial charge in [-0.25, -0.2) is 4.98 Å². The van der Waals surface area contributed by atoms with Crippen molar-refractivity contribution in [2.45, 2.75) is 5.92 Å². The molecule has 3 rings (SSSR count). The van der Waals surface area contributed by atoms with Crippen LogP contribution >= 0.6 is 0 Å². The van der Waals surface area contributed by atoms with E-state index < -0.39 is 0 Å². The first kappa shape index (κ1) is 12.4. The molecule has 0 radical (unpaired) electrons. The number of fused-ring (bicyclic) bond motifs is 1. The van der Waals surface area contributed by atoms with Crippen molar-refractivity contribution in [2.75, 3.05) is 12.3 Å². The van der Waals surface area contributed by atoms with E-state index in [1.54, 1.807) is 0 Å². The van der Waals surface area contributed by atoms with Gasteiger partial charge >= 0.3 is 0 Å². The van der Waals surface area contributed by atoms with Gasteiger partial charge in [0.1, 0.15) is 5.82 Å². The summed E-state index contributed by atoms with van der Waals surface area (Å²) in [6.45, 7) is 0.372. The number of aromatic amines is 2. The van der Waals surface area contributed by atoms with Gasteiger partial charge in [0, 0.05) is 6.54 Å². The predicted octanol–water partition coefficient (Wildman–Crippen LogP) is 0.319. The molecule has 0 fully saturated rings. The largest absolute Gasteiger partial charge is 0.369 e. The smallest absolute Gasteiger partial charge is 0.278 e. The highest BCUT2D eigenvalue weighted by molar-refractivity contribution is 5.70. The van der Waals surface area contributed by atoms with Gasteiger partial charge in [-0.2, -0.15) is 4.98 Å². The molecule has 0 aliphatic rings. The van der Waals surface area contributed by atoms with Gasteiger partial charge in [0.05, 0.1) is 5.92 Å². The van der Waals surface area contributed by atoms with E-state index in [2.05, 4.69) is 19.9 Å². The van der Waals surface area contributed by atoms with Gasteiger partial charge in [0.25, 0.3) is 5.56 Å². The van der Waals surface area contributed by atoms with Gasteiger partial charge in [-0.1, -0.05) is 30.3 Å². The third-order valence-corrected chi connectivity index (χ3v) is 3.17. The van der Waals surface area contributed by atoms with Crippen LogP contribution in [0.3, 0.4) is 0 Å². The van der Waals surface area contributed by atoms with E-state index in [1.165, 1.54) is 0 Å². The normalized spacial score (nSPS) is 12.7. The Bertz CT molecular complexity index is 791. The number of nitrogens with one attached hydrogen (secondary N) is 2. The van der Waals surface area contributed by atoms with Crippen molar-refractivity contribution in [2.24, 2.45) is 5.73 Å². The lowest BCUT2D eigenvalue weighted by molar-refractivity contribution is 0.768. The van der Waals surface area contributed by atoms with Crippen molar-refractivity contribution < 1.29 is 0 Å². The lowest BCUT2D eigenvalue weighted by Crippen LogP contribution is -2.15. The maximum absolute atomic E-state index is 11.8. The lowest BCUT2D eigenvalue weighted by Gasteiger charge is -2.11. The second-order valence-corrected chi connectivity index (χ2v) is 4.47. The minimum absolute atomic E-state index is 0.0459. The highest BCUT2D eigenvalue weighted by atomic mass is 16.1. The van der Waals surface area contributed by atoms with Crippen LogP contribution in [0.1, 0.15) is 17.3 Å². The molecule has 0 aliphatic carbocycles. The molecule has 0 bridgehead atoms. The van der Waals surface area contributed by atoms with Gasteiger partial charge in [-0.15, -0.1) is 0 Å². The number of hydrogen-bond donors (Lipinski definition) is 4. The zero-order valence-corrected chi connectivity index (χ0v) is 10.6. The standard InChI is InChI=1S/C13H14N6O/c14-6-8(7-4-2-1-3-5-7)10-16-9-11(17-10)18-13(15)19-12(9)20/h1-5,8H,6,14H2,(H4,15,16,17,18,19,20). The first-order valence-electron chi connectivity index (χ1n) is 6.19. The number of H-pyrrole nitrogens is 2. The van der Waals surface area contributed by atoms with E-state index in [4.69, 9.17) is 11.5 Å². The van der Waals surface area contributed by atoms with Gasteiger partial charge in [-0.05, 0) is 5.56 Å². The van der Waals surface area contributed by atoms with Crippen LogP contribution in [0.2, 0.25) is 0 Å². The van der Waals surface area contributed by atoms with Crippen molar-refractivity contribution in [3.05, 3.63) is 52.1 Å². The molecule has 2 heterocycles. The fourth-order valence-corrected chi connectivity index (χ4v) is 2.20. The molecule has 6 N–H and O–H groups in total. The van der Waals surface area contributed by atoms with Crippen LogP contribution in [0, 0.1) is 0 Å². The van der Waals surface area contributed by atoms with Gasteiger partial charge in [0.2, 0.25) is 5.95 Å². The van der Waals surface area contributed by atoms with Gasteiger partial charge in [0.15, 0.2) is 11.2 Å². The zero-order chi connectivity index (χ0) is 14.1. The van der Waals surface area contributed by atoms with Gasteiger partial charge < -0.3 is 16.5 Å². The van der Waals surface area contributed by atoms with Crippen molar-refractivity contribution in [1.29, 1.82) is 0 Å². The highest BCUT2D eigenvalue weighted by Gasteiger charge is 2.18. The Hall–Kier alpha value is -2.67. The Balaban J connectivity index is 2.14. The maximum atomic E-state index is 11.8. The Morgan fingerprint density at radius 2 is 1.90 bits per heavy atom. The predicted molar refractivity (Wildman–Crippen MR) is 76.3 cm³/mol. The number of nitrogens with zero attached hydrogens (tertiary/aromatic N) is 2. The molecule has 0 saturated carbocycles. The van der Waals surface area contributed by atoms with Crippen molar-refractivity contribution in [1.82, 2.24) is 19.9 Å². The minimum atomic E-state index is -0.338. The molecule has 0 spiro atoms. The van der Waals surface area contributed by atoms with E-state index in [0.29, 0.717) is 23.5 Å². The van der Waals surface area contributed by atoms with E-state index in [0.717, 1.165) is 5.56 Å². The molecule has 20 heavy (non-hydrogen) atoms. The SMILES string of the molecule is NCC(c1ccccc1)c1nc2nc(N)[nH]c(=O)c2[nH]1. The molecule has 0 amide bonds. The Kier molecular flexibility index (Phi) is 2.96. The minimum Gasteiger partial charge on any atom is -0.369 e. The first-order valence-corrected chi connectivity index (χ1v) is 6.19. The van der Waals surface area contributed by atoms with Crippen LogP contribution in [0.5, 0.6) is 0 Å². The monoisotopic (exact) mass is 270 g/mol. The van der Waals surface area contributed by atoms with E-state index in [-0.39, 0.29) is 17.4 Å². The summed E-state index contributed by atoms with van der Waals surface area (Å²) in [5.41, 5.74) is 12.6. The van der Waals surface area contributed by atoms with Crippen LogP contribution in [0.15, 0.2) is 35.1 Å². The average molecular weight is 270 g/mol. The van der Waals surface area contributed by atoms with Crippen LogP contribution < -0.4 is 17.0 Å². The summed E-state index contributed by atoms with van der Waals surface area (Å²) in [6.07, 6.45) is 0. The third-order valence-electron chi connectivity index (χ3n) is 3.17. The molecule has 1 aromatic carbocycles. The number of aromatic nitrogens is 4. The first-order chi connectivity index (χ1) is 9.69. The molecular weight excluding hydrogens is 256 g/mol. The molecular formula is C13H14N6O. The van der Waals surface area contributed by atoms with Crippen LogP contribution in [0.25, 0.3) is 11.2 Å². The topological polar surface area (TPSA) is 126 Å². The summed E-state index contributed by atoms with van der Waals surface area (Å²) in [4.78, 5) is 25.5. The summed E-state index contributed by atoms with van der Waals surface area (Å²) in [5, 5.41) is 0. The fourth-order valence-electron chi connectivity index (χ4n) is 2.20. The number of imidazole rings is 1. The molecule has 0 saturated heterocycles. The third kappa shape index (κ3) is 2.04. The molecule has 2 aromatic heterocycles. The molecule has 1 unspecified atom stereocenters. The summed E-state index contributed by atoms with van der Waals surface area (Å²) < 4.78 is 0. The fraction of sp³-hybridized carbons (Fsp3) is 0.154. The highest BCUT2D eigenvalue weighted by Crippen LogP contribution is 2.22. The second kappa shape index (κ2) is 4.78. The number of rotatable bonds is 3. The Morgan fingerprint density at radius 3 is 2.60 bits per heavy atom. The maximum Gasteiger partial charge on any atom is 0.278 e. The molecule has 7 heteroatoms. The summed E-state index contributed by atoms with van der Waals surface area (Å²) in [6, 6.07) is 9.74. The van der Waals surface area contributed by atoms with E-state index in [9.17, 15) is 4.79 Å². The number of benzene rings is 1. The lowest BCUT2D eigenvalue weighted by atomic mass is 9.99. The number of anilines is 1. The molecule has 0 aliphatic heterocycles. The zero-order valence-electron chi connectivity index (χ0n) is 10.6. The van der Waals surface area contributed by atoms with Crippen molar-refractivity contribution >= 4 is 17.1 Å². The van der Waals surface area contributed by atoms with Crippen molar-refractivity contribution in [3.63, 3.8) is 0 Å². The Morgan fingerprint density at radius 1 is 1.15 bits per heavy atom. The number of hydrogen-bond acceptors (Lipinski definition) is 5. The summed E-state index contributed by atoms with van der Waals surface area (Å²) in [7, 11) is 0. The van der Waals surface area contributed by atoms with Crippen LogP contribution in [0.4, 0.5) is 5.95 Å². The van der Waals surface area contributed by atoms with Crippen LogP contribution in [-0.4, -0.2) is 26.5 Å². The molecule has 1 atom stereocenters. The second-order valence-electron chi connectivity index (χ2n) is 4.47. The number of nitrogen functional groups attached to an aromatic ring is 1. The number of nitrogens with two attached hydrogens (primary N) is 2. The molecule has 102 valence electrons. The van der Waals surface area contributed by atoms with Crippen molar-refractivity contribution in [3.8, 4) is 0 Å². The molecule has 3 aromatic rings. The van der Waals surface area contributed by atoms with E-state index >= 15 is 0 Å². The van der Waals surface area contributed by atoms with Gasteiger partial charge in [-0.3, -0.25) is 9.78 Å². The van der Waals surface area contributed by atoms with Crippen LogP contribution in [-0.2, 0) is 0 Å². The van der Waals surface area contributed by atoms with E-state index in [1.807, 2.05) is 30.3 Å². The summed E-state index contributed by atoms with van der Waals surface area (Å²) >= 11 is 0. The molecule has 7 nitrogen and oxygen atoms in total.